The van der Waals surface area contributed by atoms with Crippen molar-refractivity contribution in [2.75, 3.05) is 24.5 Å². The fraction of sp³-hybridized carbons (Fsp3) is 0.417. The van der Waals surface area contributed by atoms with E-state index >= 15 is 0 Å². The Morgan fingerprint density at radius 3 is 2.62 bits per heavy atom. The van der Waals surface area contributed by atoms with Crippen LogP contribution in [0.5, 0.6) is 0 Å². The fourth-order valence-electron chi connectivity index (χ4n) is 4.49. The first-order valence-corrected chi connectivity index (χ1v) is 13.6. The topological polar surface area (TPSA) is 86.8 Å². The van der Waals surface area contributed by atoms with Crippen LogP contribution in [-0.2, 0) is 32.6 Å². The molecule has 1 atom stereocenters. The van der Waals surface area contributed by atoms with Crippen LogP contribution in [0.25, 0.3) is 0 Å². The molecule has 0 radical (unpaired) electrons. The number of carbonyl (C=O) groups is 2. The number of sulfonamides is 1. The zero-order chi connectivity index (χ0) is 24.5. The molecule has 0 bridgehead atoms. The third kappa shape index (κ3) is 5.04. The molecule has 0 unspecified atom stereocenters. The largest absolute Gasteiger partial charge is 0.352 e. The zero-order valence-corrected chi connectivity index (χ0v) is 21.3. The van der Waals surface area contributed by atoms with Crippen molar-refractivity contribution in [3.05, 3.63) is 57.8 Å². The Bertz CT molecular complexity index is 1200. The molecule has 0 saturated carbocycles. The third-order valence-electron chi connectivity index (χ3n) is 6.38. The molecule has 1 saturated heterocycles. The van der Waals surface area contributed by atoms with Gasteiger partial charge in [-0.3, -0.25) is 9.59 Å². The number of benzene rings is 2. The molecule has 7 nitrogen and oxygen atoms in total. The maximum Gasteiger partial charge on any atom is 0.244 e. The normalized spacial score (nSPS) is 18.6. The van der Waals surface area contributed by atoms with E-state index in [4.69, 9.17) is 0 Å². The summed E-state index contributed by atoms with van der Waals surface area (Å²) in [6, 6.07) is 9.23. The van der Waals surface area contributed by atoms with Crippen LogP contribution in [0, 0.1) is 11.7 Å². The minimum Gasteiger partial charge on any atom is -0.352 e. The molecule has 0 spiro atoms. The highest BCUT2D eigenvalue weighted by atomic mass is 79.9. The van der Waals surface area contributed by atoms with Crippen molar-refractivity contribution in [3.63, 3.8) is 0 Å². The Morgan fingerprint density at radius 1 is 1.18 bits per heavy atom. The lowest BCUT2D eigenvalue weighted by molar-refractivity contribution is -0.126. The minimum atomic E-state index is -3.88. The number of halogens is 2. The Hall–Kier alpha value is -2.30. The van der Waals surface area contributed by atoms with Gasteiger partial charge in [-0.05, 0) is 70.6 Å². The number of anilines is 1. The van der Waals surface area contributed by atoms with Gasteiger partial charge >= 0.3 is 0 Å². The summed E-state index contributed by atoms with van der Waals surface area (Å²) in [5.41, 5.74) is 2.34. The van der Waals surface area contributed by atoms with Crippen molar-refractivity contribution in [1.29, 1.82) is 0 Å². The SMILES string of the molecule is CCC(=O)N1CCc2cc(Br)c(S(=O)(=O)N3CCC[C@@H](C(=O)NCc4ccc(F)cc4)C3)cc21. The minimum absolute atomic E-state index is 0.0414. The number of amides is 2. The van der Waals surface area contributed by atoms with Crippen LogP contribution in [0.1, 0.15) is 37.3 Å². The lowest BCUT2D eigenvalue weighted by atomic mass is 9.99. The summed E-state index contributed by atoms with van der Waals surface area (Å²) in [5, 5.41) is 2.83. The van der Waals surface area contributed by atoms with Crippen LogP contribution < -0.4 is 10.2 Å². The average molecular weight is 552 g/mol. The molecule has 182 valence electrons. The van der Waals surface area contributed by atoms with E-state index in [2.05, 4.69) is 21.2 Å². The number of piperidine rings is 1. The molecule has 1 fully saturated rings. The Labute approximate surface area is 207 Å². The standard InChI is InChI=1S/C24H27BrFN3O4S/c1-2-23(30)29-11-9-17-12-20(25)22(13-21(17)29)34(32,33)28-10-3-4-18(15-28)24(31)27-14-16-5-7-19(26)8-6-16/h5-8,12-13,18H,2-4,9-11,14-15H2,1H3,(H,27,31)/t18-/m1/s1. The van der Waals surface area contributed by atoms with Gasteiger partial charge in [0.15, 0.2) is 0 Å². The number of nitrogens with zero attached hydrogens (tertiary/aromatic N) is 2. The molecule has 1 N–H and O–H groups in total. The molecule has 2 amide bonds. The summed E-state index contributed by atoms with van der Waals surface area (Å²) < 4.78 is 42.0. The summed E-state index contributed by atoms with van der Waals surface area (Å²) in [5.74, 6) is -1.09. The molecule has 10 heteroatoms. The smallest absolute Gasteiger partial charge is 0.244 e. The van der Waals surface area contributed by atoms with Gasteiger partial charge in [0.05, 0.1) is 10.8 Å². The quantitative estimate of drug-likeness (QED) is 0.594. The van der Waals surface area contributed by atoms with Gasteiger partial charge in [0.1, 0.15) is 5.82 Å². The predicted molar refractivity (Wildman–Crippen MR) is 130 cm³/mol. The molecule has 2 aliphatic heterocycles. The highest BCUT2D eigenvalue weighted by molar-refractivity contribution is 9.10. The van der Waals surface area contributed by atoms with E-state index < -0.39 is 15.9 Å². The number of hydrogen-bond donors (Lipinski definition) is 1. The zero-order valence-electron chi connectivity index (χ0n) is 18.9. The molecule has 2 heterocycles. The predicted octanol–water partition coefficient (Wildman–Crippen LogP) is 3.60. The van der Waals surface area contributed by atoms with Crippen LogP contribution in [0.4, 0.5) is 10.1 Å². The van der Waals surface area contributed by atoms with Gasteiger partial charge in [-0.2, -0.15) is 4.31 Å². The van der Waals surface area contributed by atoms with Gasteiger partial charge in [-0.1, -0.05) is 19.1 Å². The summed E-state index contributed by atoms with van der Waals surface area (Å²) in [6.45, 7) is 2.98. The highest BCUT2D eigenvalue weighted by Gasteiger charge is 2.36. The Kier molecular flexibility index (Phi) is 7.39. The van der Waals surface area contributed by atoms with E-state index in [-0.39, 0.29) is 35.6 Å². The second-order valence-corrected chi connectivity index (χ2v) is 11.4. The number of rotatable bonds is 6. The third-order valence-corrected chi connectivity index (χ3v) is 9.21. The maximum absolute atomic E-state index is 13.6. The van der Waals surface area contributed by atoms with Crippen molar-refractivity contribution < 1.29 is 22.4 Å². The van der Waals surface area contributed by atoms with E-state index in [1.165, 1.54) is 16.4 Å². The first-order valence-electron chi connectivity index (χ1n) is 11.4. The number of nitrogens with one attached hydrogen (secondary N) is 1. The Morgan fingerprint density at radius 2 is 1.91 bits per heavy atom. The van der Waals surface area contributed by atoms with Gasteiger partial charge in [-0.25, -0.2) is 12.8 Å². The van der Waals surface area contributed by atoms with E-state index in [9.17, 15) is 22.4 Å². The number of hydrogen-bond acceptors (Lipinski definition) is 4. The molecule has 34 heavy (non-hydrogen) atoms. The van der Waals surface area contributed by atoms with Crippen molar-refractivity contribution in [2.24, 2.45) is 5.92 Å². The Balaban J connectivity index is 1.50. The molecule has 2 aromatic rings. The van der Waals surface area contributed by atoms with Gasteiger partial charge in [0.25, 0.3) is 0 Å². The van der Waals surface area contributed by atoms with Crippen LogP contribution >= 0.6 is 15.9 Å². The lowest BCUT2D eigenvalue weighted by Crippen LogP contribution is -2.45. The molecule has 0 aromatic heterocycles. The molecule has 2 aromatic carbocycles. The van der Waals surface area contributed by atoms with E-state index in [0.29, 0.717) is 48.9 Å². The van der Waals surface area contributed by atoms with Gasteiger partial charge < -0.3 is 10.2 Å². The van der Waals surface area contributed by atoms with Crippen molar-refractivity contribution in [3.8, 4) is 0 Å². The van der Waals surface area contributed by atoms with E-state index in [1.54, 1.807) is 36.1 Å². The van der Waals surface area contributed by atoms with Crippen LogP contribution in [0.15, 0.2) is 45.8 Å². The van der Waals surface area contributed by atoms with Gasteiger partial charge in [0.2, 0.25) is 21.8 Å². The first kappa shape index (κ1) is 24.8. The van der Waals surface area contributed by atoms with Gasteiger partial charge in [0, 0.05) is 42.8 Å². The summed E-state index contributed by atoms with van der Waals surface area (Å²) in [7, 11) is -3.88. The van der Waals surface area contributed by atoms with Crippen LogP contribution in [0.3, 0.4) is 0 Å². The molecule has 2 aliphatic rings. The van der Waals surface area contributed by atoms with Crippen molar-refractivity contribution in [2.45, 2.75) is 44.0 Å². The second-order valence-electron chi connectivity index (χ2n) is 8.61. The lowest BCUT2D eigenvalue weighted by Gasteiger charge is -2.31. The highest BCUT2D eigenvalue weighted by Crippen LogP contribution is 2.37. The molecular weight excluding hydrogens is 525 g/mol. The van der Waals surface area contributed by atoms with Gasteiger partial charge in [-0.15, -0.1) is 0 Å². The van der Waals surface area contributed by atoms with Crippen molar-refractivity contribution in [1.82, 2.24) is 9.62 Å². The summed E-state index contributed by atoms with van der Waals surface area (Å²) >= 11 is 3.41. The summed E-state index contributed by atoms with van der Waals surface area (Å²) in [6.07, 6.45) is 2.18. The van der Waals surface area contributed by atoms with E-state index in [0.717, 1.165) is 11.1 Å². The molecule has 0 aliphatic carbocycles. The average Bonchev–Trinajstić information content (AvgIpc) is 3.25. The molecule has 4 rings (SSSR count). The monoisotopic (exact) mass is 551 g/mol. The van der Waals surface area contributed by atoms with Crippen molar-refractivity contribution >= 4 is 43.5 Å². The maximum atomic E-state index is 13.6. The number of carbonyl (C=O) groups excluding carboxylic acids is 2. The first-order chi connectivity index (χ1) is 16.2. The fourth-order valence-corrected chi connectivity index (χ4v) is 7.08. The van der Waals surface area contributed by atoms with Crippen LogP contribution in [0.2, 0.25) is 0 Å². The van der Waals surface area contributed by atoms with E-state index in [1.807, 2.05) is 0 Å². The second kappa shape index (κ2) is 10.1. The summed E-state index contributed by atoms with van der Waals surface area (Å²) in [4.78, 5) is 26.8. The number of fused-ring (bicyclic) bond motifs is 1. The molecular formula is C24H27BrFN3O4S. The van der Waals surface area contributed by atoms with Crippen LogP contribution in [-0.4, -0.2) is 44.2 Å².